The summed E-state index contributed by atoms with van der Waals surface area (Å²) in [5.41, 5.74) is 2.13. The number of hydrogen-bond acceptors (Lipinski definition) is 4. The van der Waals surface area contributed by atoms with E-state index in [0.29, 0.717) is 11.3 Å². The number of carbonyl (C=O) groups excluding carboxylic acids is 1. The van der Waals surface area contributed by atoms with E-state index in [1.165, 1.54) is 6.07 Å². The molecule has 6 nitrogen and oxygen atoms in total. The third kappa shape index (κ3) is 4.32. The monoisotopic (exact) mass is 327 g/mol. The van der Waals surface area contributed by atoms with E-state index in [4.69, 9.17) is 0 Å². The highest BCUT2D eigenvalue weighted by Gasteiger charge is 2.15. The second kappa shape index (κ2) is 8.10. The second-order valence-electron chi connectivity index (χ2n) is 5.33. The molecule has 0 aliphatic carbocycles. The van der Waals surface area contributed by atoms with E-state index in [9.17, 15) is 14.9 Å². The number of carbonyl (C=O) groups is 1. The van der Waals surface area contributed by atoms with Crippen LogP contribution in [0.1, 0.15) is 19.4 Å². The van der Waals surface area contributed by atoms with Gasteiger partial charge in [-0.3, -0.25) is 14.9 Å². The maximum absolute atomic E-state index is 12.1. The first-order valence-electron chi connectivity index (χ1n) is 7.92. The van der Waals surface area contributed by atoms with Gasteiger partial charge in [0.2, 0.25) is 5.91 Å². The molecule has 2 rings (SSSR count). The van der Waals surface area contributed by atoms with Crippen molar-refractivity contribution >= 4 is 23.0 Å². The Bertz CT molecular complexity index is 710. The molecule has 1 N–H and O–H groups in total. The van der Waals surface area contributed by atoms with Crippen LogP contribution in [-0.2, 0) is 11.2 Å². The number of benzene rings is 2. The lowest BCUT2D eigenvalue weighted by molar-refractivity contribution is -0.385. The Balaban J connectivity index is 2.04. The summed E-state index contributed by atoms with van der Waals surface area (Å²) in [6, 6.07) is 13.9. The molecule has 24 heavy (non-hydrogen) atoms. The number of rotatable bonds is 7. The fourth-order valence-corrected chi connectivity index (χ4v) is 2.56. The van der Waals surface area contributed by atoms with Gasteiger partial charge in [-0.05, 0) is 38.1 Å². The van der Waals surface area contributed by atoms with Gasteiger partial charge in [-0.25, -0.2) is 0 Å². The van der Waals surface area contributed by atoms with Crippen LogP contribution in [0.4, 0.5) is 17.1 Å². The first-order valence-corrected chi connectivity index (χ1v) is 7.92. The van der Waals surface area contributed by atoms with Crippen molar-refractivity contribution in [1.82, 2.24) is 0 Å². The third-order valence-corrected chi connectivity index (χ3v) is 3.82. The standard InChI is InChI=1S/C18H21N3O3/c1-3-20(4-2)16-11-9-15(10-12-16)19-18(22)13-14-7-5-6-8-17(14)21(23)24/h5-12H,3-4,13H2,1-2H3,(H,19,22). The van der Waals surface area contributed by atoms with Crippen molar-refractivity contribution in [3.05, 3.63) is 64.2 Å². The summed E-state index contributed by atoms with van der Waals surface area (Å²) in [7, 11) is 0. The fourth-order valence-electron chi connectivity index (χ4n) is 2.56. The molecule has 2 aromatic carbocycles. The van der Waals surface area contributed by atoms with Gasteiger partial charge in [0.1, 0.15) is 0 Å². The van der Waals surface area contributed by atoms with Crippen molar-refractivity contribution < 1.29 is 9.72 Å². The number of amides is 1. The molecule has 0 atom stereocenters. The molecule has 0 fully saturated rings. The molecule has 2 aromatic rings. The van der Waals surface area contributed by atoms with Crippen LogP contribution in [-0.4, -0.2) is 23.9 Å². The van der Waals surface area contributed by atoms with Gasteiger partial charge in [-0.15, -0.1) is 0 Å². The highest BCUT2D eigenvalue weighted by molar-refractivity contribution is 5.93. The van der Waals surface area contributed by atoms with Gasteiger partial charge in [0.25, 0.3) is 5.69 Å². The Morgan fingerprint density at radius 3 is 2.29 bits per heavy atom. The summed E-state index contributed by atoms with van der Waals surface area (Å²) in [5, 5.41) is 13.8. The lowest BCUT2D eigenvalue weighted by Crippen LogP contribution is -2.21. The average molecular weight is 327 g/mol. The number of nitro benzene ring substituents is 1. The van der Waals surface area contributed by atoms with E-state index in [2.05, 4.69) is 24.1 Å². The molecule has 6 heteroatoms. The van der Waals surface area contributed by atoms with Crippen LogP contribution < -0.4 is 10.2 Å². The van der Waals surface area contributed by atoms with Gasteiger partial charge in [0.15, 0.2) is 0 Å². The number of nitrogens with one attached hydrogen (secondary N) is 1. The molecule has 0 unspecified atom stereocenters. The second-order valence-corrected chi connectivity index (χ2v) is 5.33. The van der Waals surface area contributed by atoms with E-state index < -0.39 is 4.92 Å². The number of para-hydroxylation sites is 1. The van der Waals surface area contributed by atoms with E-state index in [1.54, 1.807) is 18.2 Å². The minimum absolute atomic E-state index is 0.0328. The number of anilines is 2. The van der Waals surface area contributed by atoms with Crippen molar-refractivity contribution in [3.8, 4) is 0 Å². The Morgan fingerprint density at radius 1 is 1.08 bits per heavy atom. The largest absolute Gasteiger partial charge is 0.372 e. The average Bonchev–Trinajstić information content (AvgIpc) is 2.57. The lowest BCUT2D eigenvalue weighted by atomic mass is 10.1. The molecule has 0 heterocycles. The van der Waals surface area contributed by atoms with Gasteiger partial charge < -0.3 is 10.2 Å². The van der Waals surface area contributed by atoms with Gasteiger partial charge in [-0.1, -0.05) is 18.2 Å². The normalized spacial score (nSPS) is 10.2. The van der Waals surface area contributed by atoms with Crippen LogP contribution in [0.25, 0.3) is 0 Å². The Labute approximate surface area is 141 Å². The molecule has 0 radical (unpaired) electrons. The molecule has 0 saturated heterocycles. The van der Waals surface area contributed by atoms with Gasteiger partial charge >= 0.3 is 0 Å². The summed E-state index contributed by atoms with van der Waals surface area (Å²) in [5.74, 6) is -0.278. The predicted molar refractivity (Wildman–Crippen MR) is 95.4 cm³/mol. The molecule has 0 aliphatic rings. The Morgan fingerprint density at radius 2 is 1.71 bits per heavy atom. The lowest BCUT2D eigenvalue weighted by Gasteiger charge is -2.21. The molecule has 0 aliphatic heterocycles. The Hall–Kier alpha value is -2.89. The summed E-state index contributed by atoms with van der Waals surface area (Å²) >= 11 is 0. The highest BCUT2D eigenvalue weighted by Crippen LogP contribution is 2.20. The zero-order chi connectivity index (χ0) is 17.5. The first kappa shape index (κ1) is 17.5. The van der Waals surface area contributed by atoms with Crippen LogP contribution in [0, 0.1) is 10.1 Å². The molecule has 1 amide bonds. The summed E-state index contributed by atoms with van der Waals surface area (Å²) in [6.45, 7) is 6.01. The molecular formula is C18H21N3O3. The predicted octanol–water partition coefficient (Wildman–Crippen LogP) is 3.62. The summed E-state index contributed by atoms with van der Waals surface area (Å²) in [6.07, 6.45) is -0.0328. The van der Waals surface area contributed by atoms with Crippen LogP contribution in [0.2, 0.25) is 0 Å². The van der Waals surface area contributed by atoms with E-state index >= 15 is 0 Å². The van der Waals surface area contributed by atoms with Crippen molar-refractivity contribution in [2.24, 2.45) is 0 Å². The van der Waals surface area contributed by atoms with Crippen molar-refractivity contribution in [2.45, 2.75) is 20.3 Å². The molecule has 0 aromatic heterocycles. The van der Waals surface area contributed by atoms with Crippen LogP contribution >= 0.6 is 0 Å². The number of nitro groups is 1. The zero-order valence-corrected chi connectivity index (χ0v) is 13.9. The fraction of sp³-hybridized carbons (Fsp3) is 0.278. The van der Waals surface area contributed by atoms with Crippen molar-refractivity contribution in [1.29, 1.82) is 0 Å². The minimum Gasteiger partial charge on any atom is -0.372 e. The third-order valence-electron chi connectivity index (χ3n) is 3.82. The summed E-state index contributed by atoms with van der Waals surface area (Å²) in [4.78, 5) is 24.9. The highest BCUT2D eigenvalue weighted by atomic mass is 16.6. The molecule has 126 valence electrons. The van der Waals surface area contributed by atoms with Crippen LogP contribution in [0.3, 0.4) is 0 Å². The maximum Gasteiger partial charge on any atom is 0.273 e. The minimum atomic E-state index is -0.471. The van der Waals surface area contributed by atoms with E-state index in [0.717, 1.165) is 18.8 Å². The Kier molecular flexibility index (Phi) is 5.89. The number of hydrogen-bond donors (Lipinski definition) is 1. The van der Waals surface area contributed by atoms with E-state index in [1.807, 2.05) is 24.3 Å². The van der Waals surface area contributed by atoms with Crippen molar-refractivity contribution in [2.75, 3.05) is 23.3 Å². The molecular weight excluding hydrogens is 306 g/mol. The summed E-state index contributed by atoms with van der Waals surface area (Å²) < 4.78 is 0. The van der Waals surface area contributed by atoms with Crippen LogP contribution in [0.15, 0.2) is 48.5 Å². The van der Waals surface area contributed by atoms with Crippen LogP contribution in [0.5, 0.6) is 0 Å². The number of nitrogens with zero attached hydrogens (tertiary/aromatic N) is 2. The topological polar surface area (TPSA) is 75.5 Å². The maximum atomic E-state index is 12.1. The van der Waals surface area contributed by atoms with Gasteiger partial charge in [-0.2, -0.15) is 0 Å². The molecule has 0 bridgehead atoms. The quantitative estimate of drug-likeness (QED) is 0.622. The smallest absolute Gasteiger partial charge is 0.273 e. The van der Waals surface area contributed by atoms with E-state index in [-0.39, 0.29) is 18.0 Å². The SMILES string of the molecule is CCN(CC)c1ccc(NC(=O)Cc2ccccc2[N+](=O)[O-])cc1. The van der Waals surface area contributed by atoms with Gasteiger partial charge in [0.05, 0.1) is 11.3 Å². The van der Waals surface area contributed by atoms with Gasteiger partial charge in [0, 0.05) is 36.1 Å². The first-order chi connectivity index (χ1) is 11.5. The molecule has 0 spiro atoms. The van der Waals surface area contributed by atoms with Crippen molar-refractivity contribution in [3.63, 3.8) is 0 Å². The molecule has 0 saturated carbocycles. The zero-order valence-electron chi connectivity index (χ0n) is 13.9.